The molecule has 0 aromatic heterocycles. The van der Waals surface area contributed by atoms with Crippen molar-refractivity contribution >= 4 is 0 Å². The van der Waals surface area contributed by atoms with Crippen LogP contribution in [0.3, 0.4) is 0 Å². The van der Waals surface area contributed by atoms with Gasteiger partial charge in [-0.3, -0.25) is 0 Å². The normalized spacial score (nSPS) is 43.3. The van der Waals surface area contributed by atoms with E-state index in [0.717, 1.165) is 12.3 Å². The van der Waals surface area contributed by atoms with E-state index in [1.165, 1.54) is 18.4 Å². The summed E-state index contributed by atoms with van der Waals surface area (Å²) < 4.78 is 12.7. The third-order valence-corrected chi connectivity index (χ3v) is 7.30. The van der Waals surface area contributed by atoms with Gasteiger partial charge >= 0.3 is 0 Å². The molecule has 1 aromatic rings. The maximum atomic E-state index is 6.43. The van der Waals surface area contributed by atoms with Gasteiger partial charge in [-0.1, -0.05) is 51.1 Å². The lowest BCUT2D eigenvalue weighted by atomic mass is 9.70. The van der Waals surface area contributed by atoms with E-state index in [4.69, 9.17) is 9.47 Å². The van der Waals surface area contributed by atoms with Gasteiger partial charge in [0.25, 0.3) is 0 Å². The number of hydrogen-bond acceptors (Lipinski definition) is 2. The molecule has 3 fully saturated rings. The van der Waals surface area contributed by atoms with Crippen molar-refractivity contribution in [1.82, 2.24) is 0 Å². The van der Waals surface area contributed by atoms with Crippen molar-refractivity contribution in [2.24, 2.45) is 22.7 Å². The van der Waals surface area contributed by atoms with Crippen LogP contribution in [-0.4, -0.2) is 12.4 Å². The van der Waals surface area contributed by atoms with E-state index in [9.17, 15) is 0 Å². The van der Waals surface area contributed by atoms with Gasteiger partial charge < -0.3 is 9.47 Å². The van der Waals surface area contributed by atoms with Gasteiger partial charge in [-0.25, -0.2) is 0 Å². The molecule has 0 spiro atoms. The first-order valence-electron chi connectivity index (χ1n) is 8.79. The van der Waals surface area contributed by atoms with E-state index in [1.807, 2.05) is 6.07 Å². The Kier molecular flexibility index (Phi) is 3.22. The zero-order chi connectivity index (χ0) is 15.5. The van der Waals surface area contributed by atoms with Crippen molar-refractivity contribution in [1.29, 1.82) is 0 Å². The van der Waals surface area contributed by atoms with Crippen LogP contribution < -0.4 is 0 Å². The molecule has 2 saturated carbocycles. The van der Waals surface area contributed by atoms with Crippen LogP contribution in [0.1, 0.15) is 58.6 Å². The fourth-order valence-electron chi connectivity index (χ4n) is 5.60. The van der Waals surface area contributed by atoms with Crippen molar-refractivity contribution in [3.8, 4) is 0 Å². The minimum Gasteiger partial charge on any atom is -0.349 e. The minimum atomic E-state index is -0.0266. The fourth-order valence-corrected chi connectivity index (χ4v) is 5.60. The Morgan fingerprint density at radius 3 is 2.59 bits per heavy atom. The molecule has 120 valence electrons. The van der Waals surface area contributed by atoms with Crippen molar-refractivity contribution in [3.63, 3.8) is 0 Å². The molecular formula is C20H28O2. The van der Waals surface area contributed by atoms with Gasteiger partial charge in [0.05, 0.1) is 12.2 Å². The fraction of sp³-hybridized carbons (Fsp3) is 0.700. The van der Waals surface area contributed by atoms with Crippen molar-refractivity contribution in [3.05, 3.63) is 35.9 Å². The van der Waals surface area contributed by atoms with E-state index in [-0.39, 0.29) is 12.4 Å². The number of hydrogen-bond donors (Lipinski definition) is 0. The summed E-state index contributed by atoms with van der Waals surface area (Å²) in [6.07, 6.45) is 4.23. The molecule has 3 aliphatic rings. The molecule has 0 unspecified atom stereocenters. The lowest BCUT2D eigenvalue weighted by Crippen LogP contribution is -2.38. The maximum Gasteiger partial charge on any atom is 0.159 e. The van der Waals surface area contributed by atoms with Crippen LogP contribution in [0.4, 0.5) is 0 Å². The summed E-state index contributed by atoms with van der Waals surface area (Å²) in [7, 11) is 0. The Hall–Kier alpha value is -0.860. The molecule has 0 N–H and O–H groups in total. The van der Waals surface area contributed by atoms with Gasteiger partial charge in [-0.15, -0.1) is 0 Å². The lowest BCUT2D eigenvalue weighted by Gasteiger charge is -2.38. The van der Waals surface area contributed by atoms with Gasteiger partial charge in [0.1, 0.15) is 0 Å². The van der Waals surface area contributed by atoms with Crippen LogP contribution in [0.15, 0.2) is 30.3 Å². The molecule has 1 aromatic carbocycles. The number of rotatable bonds is 3. The van der Waals surface area contributed by atoms with E-state index in [0.29, 0.717) is 22.9 Å². The van der Waals surface area contributed by atoms with Gasteiger partial charge in [0, 0.05) is 6.42 Å². The monoisotopic (exact) mass is 300 g/mol. The van der Waals surface area contributed by atoms with E-state index in [2.05, 4.69) is 52.0 Å². The SMILES string of the molecule is C[C@@H](O[C@H]1C[C@@H]2[C@H]3CC[C@@](C)([C@@H]2O1)C3(C)C)c1ccccc1. The highest BCUT2D eigenvalue weighted by Crippen LogP contribution is 2.71. The Labute approximate surface area is 134 Å². The Morgan fingerprint density at radius 2 is 1.91 bits per heavy atom. The molecule has 4 rings (SSSR count). The van der Waals surface area contributed by atoms with E-state index in [1.54, 1.807) is 0 Å². The van der Waals surface area contributed by atoms with Crippen LogP contribution >= 0.6 is 0 Å². The second kappa shape index (κ2) is 4.82. The molecule has 22 heavy (non-hydrogen) atoms. The van der Waals surface area contributed by atoms with Crippen LogP contribution in [-0.2, 0) is 9.47 Å². The lowest BCUT2D eigenvalue weighted by molar-refractivity contribution is -0.184. The Morgan fingerprint density at radius 1 is 1.18 bits per heavy atom. The first-order chi connectivity index (χ1) is 10.4. The average Bonchev–Trinajstić information content (AvgIpc) is 3.05. The van der Waals surface area contributed by atoms with Crippen molar-refractivity contribution in [2.45, 2.75) is 65.5 Å². The molecule has 1 saturated heterocycles. The second-order valence-corrected chi connectivity index (χ2v) is 8.36. The molecular weight excluding hydrogens is 272 g/mol. The zero-order valence-electron chi connectivity index (χ0n) is 14.2. The summed E-state index contributed by atoms with van der Waals surface area (Å²) in [5, 5.41) is 0. The molecule has 2 nitrogen and oxygen atoms in total. The Bertz CT molecular complexity index is 552. The quantitative estimate of drug-likeness (QED) is 0.786. The zero-order valence-corrected chi connectivity index (χ0v) is 14.2. The summed E-state index contributed by atoms with van der Waals surface area (Å²) in [4.78, 5) is 0. The van der Waals surface area contributed by atoms with Gasteiger partial charge in [0.15, 0.2) is 6.29 Å². The van der Waals surface area contributed by atoms with Crippen LogP contribution in [0, 0.1) is 22.7 Å². The summed E-state index contributed by atoms with van der Waals surface area (Å²) in [5.41, 5.74) is 1.98. The van der Waals surface area contributed by atoms with E-state index < -0.39 is 0 Å². The summed E-state index contributed by atoms with van der Waals surface area (Å²) >= 11 is 0. The topological polar surface area (TPSA) is 18.5 Å². The van der Waals surface area contributed by atoms with Crippen LogP contribution in [0.5, 0.6) is 0 Å². The first kappa shape index (κ1) is 14.7. The summed E-state index contributed by atoms with van der Waals surface area (Å²) in [5.74, 6) is 1.50. The van der Waals surface area contributed by atoms with Gasteiger partial charge in [0.2, 0.25) is 0 Å². The van der Waals surface area contributed by atoms with Crippen LogP contribution in [0.2, 0.25) is 0 Å². The minimum absolute atomic E-state index is 0.0266. The Balaban J connectivity index is 1.47. The highest BCUT2D eigenvalue weighted by atomic mass is 16.7. The molecule has 2 aliphatic carbocycles. The first-order valence-corrected chi connectivity index (χ1v) is 8.79. The predicted molar refractivity (Wildman–Crippen MR) is 87.3 cm³/mol. The van der Waals surface area contributed by atoms with Crippen LogP contribution in [0.25, 0.3) is 0 Å². The van der Waals surface area contributed by atoms with Gasteiger partial charge in [-0.2, -0.15) is 0 Å². The summed E-state index contributed by atoms with van der Waals surface area (Å²) in [6, 6.07) is 10.5. The van der Waals surface area contributed by atoms with E-state index >= 15 is 0 Å². The number of benzene rings is 1. The molecule has 0 radical (unpaired) electrons. The number of fused-ring (bicyclic) bond motifs is 5. The second-order valence-electron chi connectivity index (χ2n) is 8.36. The average molecular weight is 300 g/mol. The maximum absolute atomic E-state index is 6.43. The standard InChI is InChI=1S/C20H28O2/c1-13(14-8-6-5-7-9-14)21-17-12-15-16-10-11-20(4,18(15)22-17)19(16,2)3/h5-9,13,15-18H,10-12H2,1-4H3/t13-,15-,16-,17-,18-,20+/m1/s1. The highest BCUT2D eigenvalue weighted by molar-refractivity contribution is 5.18. The molecule has 6 atom stereocenters. The molecule has 0 amide bonds. The molecule has 2 bridgehead atoms. The third-order valence-electron chi connectivity index (χ3n) is 7.30. The highest BCUT2D eigenvalue weighted by Gasteiger charge is 2.69. The predicted octanol–water partition coefficient (Wildman–Crippen LogP) is 4.95. The van der Waals surface area contributed by atoms with Gasteiger partial charge in [-0.05, 0) is 48.0 Å². The summed E-state index contributed by atoms with van der Waals surface area (Å²) in [6.45, 7) is 9.48. The largest absolute Gasteiger partial charge is 0.349 e. The third kappa shape index (κ3) is 1.86. The smallest absolute Gasteiger partial charge is 0.159 e. The van der Waals surface area contributed by atoms with Crippen molar-refractivity contribution < 1.29 is 9.47 Å². The molecule has 1 aliphatic heterocycles. The van der Waals surface area contributed by atoms with Crippen molar-refractivity contribution in [2.75, 3.05) is 0 Å². The molecule has 2 heteroatoms. The molecule has 1 heterocycles. The number of ether oxygens (including phenoxy) is 2.